The number of furan rings is 1. The molecular formula is C19H20ClFN4O2. The summed E-state index contributed by atoms with van der Waals surface area (Å²) in [7, 11) is 1.74. The van der Waals surface area contributed by atoms with Crippen molar-refractivity contribution in [2.75, 3.05) is 6.54 Å². The number of benzene rings is 1. The van der Waals surface area contributed by atoms with Gasteiger partial charge in [-0.05, 0) is 37.6 Å². The average Bonchev–Trinajstić information content (AvgIpc) is 3.12. The molecule has 0 radical (unpaired) electrons. The Hall–Kier alpha value is -2.64. The van der Waals surface area contributed by atoms with Gasteiger partial charge in [0.15, 0.2) is 5.76 Å². The predicted octanol–water partition coefficient (Wildman–Crippen LogP) is 3.16. The molecule has 0 saturated heterocycles. The lowest BCUT2D eigenvalue weighted by Crippen LogP contribution is -2.20. The summed E-state index contributed by atoms with van der Waals surface area (Å²) in [4.78, 5) is 12.0. The lowest BCUT2D eigenvalue weighted by Gasteiger charge is -2.17. The lowest BCUT2D eigenvalue weighted by molar-refractivity contribution is 0.0970. The third-order valence-electron chi connectivity index (χ3n) is 4.54. The van der Waals surface area contributed by atoms with Crippen LogP contribution >= 0.6 is 11.6 Å². The van der Waals surface area contributed by atoms with Crippen molar-refractivity contribution in [3.8, 4) is 11.3 Å². The van der Waals surface area contributed by atoms with E-state index >= 15 is 0 Å². The van der Waals surface area contributed by atoms with Gasteiger partial charge in [0.25, 0.3) is 5.91 Å². The normalized spacial score (nSPS) is 12.3. The van der Waals surface area contributed by atoms with Crippen molar-refractivity contribution in [1.29, 1.82) is 0 Å². The van der Waals surface area contributed by atoms with Gasteiger partial charge in [-0.1, -0.05) is 23.7 Å². The van der Waals surface area contributed by atoms with Gasteiger partial charge in [-0.15, -0.1) is 0 Å². The smallest absolute Gasteiger partial charge is 0.284 e. The number of nitrogens with zero attached hydrogens (tertiary/aromatic N) is 2. The minimum absolute atomic E-state index is 0.0339. The molecule has 4 N–H and O–H groups in total. The molecule has 3 rings (SSSR count). The second-order valence-corrected chi connectivity index (χ2v) is 6.78. The zero-order valence-electron chi connectivity index (χ0n) is 15.0. The van der Waals surface area contributed by atoms with Crippen molar-refractivity contribution >= 4 is 17.5 Å². The van der Waals surface area contributed by atoms with E-state index in [9.17, 15) is 9.18 Å². The Bertz CT molecular complexity index is 976. The average molecular weight is 391 g/mol. The summed E-state index contributed by atoms with van der Waals surface area (Å²) in [6, 6.07) is 6.25. The maximum atomic E-state index is 13.6. The van der Waals surface area contributed by atoms with Crippen LogP contribution in [0.25, 0.3) is 11.3 Å². The van der Waals surface area contributed by atoms with Gasteiger partial charge in [0.05, 0.1) is 16.9 Å². The number of rotatable bonds is 6. The van der Waals surface area contributed by atoms with E-state index in [1.54, 1.807) is 30.8 Å². The summed E-state index contributed by atoms with van der Waals surface area (Å²) in [5.41, 5.74) is 14.1. The van der Waals surface area contributed by atoms with E-state index in [1.165, 1.54) is 18.3 Å². The van der Waals surface area contributed by atoms with Crippen LogP contribution in [0.1, 0.15) is 33.4 Å². The van der Waals surface area contributed by atoms with Crippen LogP contribution in [0.4, 0.5) is 4.39 Å². The van der Waals surface area contributed by atoms with Gasteiger partial charge < -0.3 is 15.9 Å². The number of carbonyl (C=O) groups is 1. The molecular weight excluding hydrogens is 371 g/mol. The first-order chi connectivity index (χ1) is 12.8. The van der Waals surface area contributed by atoms with Crippen LogP contribution in [0.5, 0.6) is 0 Å². The molecule has 142 valence electrons. The highest BCUT2D eigenvalue weighted by Crippen LogP contribution is 2.40. The molecule has 1 atom stereocenters. The van der Waals surface area contributed by atoms with Crippen molar-refractivity contribution in [3.63, 3.8) is 0 Å². The Morgan fingerprint density at radius 3 is 2.74 bits per heavy atom. The molecule has 0 unspecified atom stereocenters. The number of nitrogens with two attached hydrogens (primary N) is 2. The van der Waals surface area contributed by atoms with Crippen LogP contribution in [-0.2, 0) is 13.5 Å². The van der Waals surface area contributed by atoms with Crippen LogP contribution in [0.15, 0.2) is 34.9 Å². The monoisotopic (exact) mass is 390 g/mol. The second kappa shape index (κ2) is 7.54. The number of primary amides is 1. The highest BCUT2D eigenvalue weighted by Gasteiger charge is 2.30. The van der Waals surface area contributed by atoms with E-state index in [0.29, 0.717) is 34.0 Å². The molecule has 0 fully saturated rings. The summed E-state index contributed by atoms with van der Waals surface area (Å²) in [6.07, 6.45) is 1.93. The fraction of sp³-hybridized carbons (Fsp3) is 0.263. The van der Waals surface area contributed by atoms with Crippen LogP contribution in [0, 0.1) is 12.7 Å². The van der Waals surface area contributed by atoms with Crippen LogP contribution in [0.2, 0.25) is 5.02 Å². The molecule has 27 heavy (non-hydrogen) atoms. The Kier molecular flexibility index (Phi) is 5.34. The number of hydrogen-bond donors (Lipinski definition) is 2. The molecule has 0 spiro atoms. The van der Waals surface area contributed by atoms with Crippen molar-refractivity contribution in [3.05, 3.63) is 63.9 Å². The van der Waals surface area contributed by atoms with Crippen LogP contribution < -0.4 is 11.5 Å². The topological polar surface area (TPSA) is 100 Å². The van der Waals surface area contributed by atoms with Crippen molar-refractivity contribution in [2.24, 2.45) is 18.5 Å². The van der Waals surface area contributed by atoms with E-state index in [1.807, 2.05) is 0 Å². The van der Waals surface area contributed by atoms with E-state index < -0.39 is 5.91 Å². The molecule has 0 saturated carbocycles. The summed E-state index contributed by atoms with van der Waals surface area (Å²) >= 11 is 6.32. The Labute approximate surface area is 160 Å². The molecule has 8 heteroatoms. The number of carbonyl (C=O) groups excluding carboxylic acids is 1. The zero-order chi connectivity index (χ0) is 19.7. The second-order valence-electron chi connectivity index (χ2n) is 6.37. The first-order valence-electron chi connectivity index (χ1n) is 8.39. The van der Waals surface area contributed by atoms with Crippen LogP contribution in [0.3, 0.4) is 0 Å². The summed E-state index contributed by atoms with van der Waals surface area (Å²) < 4.78 is 20.9. The maximum absolute atomic E-state index is 13.6. The van der Waals surface area contributed by atoms with Gasteiger partial charge in [0.1, 0.15) is 11.6 Å². The number of halogens is 2. The molecule has 3 aromatic rings. The van der Waals surface area contributed by atoms with Crippen molar-refractivity contribution in [1.82, 2.24) is 9.78 Å². The lowest BCUT2D eigenvalue weighted by atomic mass is 9.87. The van der Waals surface area contributed by atoms with Gasteiger partial charge in [0.2, 0.25) is 0 Å². The van der Waals surface area contributed by atoms with Crippen LogP contribution in [-0.4, -0.2) is 22.2 Å². The quantitative estimate of drug-likeness (QED) is 0.675. The number of aryl methyl sites for hydroxylation is 2. The largest absolute Gasteiger partial charge is 0.455 e. The number of aromatic nitrogens is 2. The zero-order valence-corrected chi connectivity index (χ0v) is 15.8. The molecule has 0 aliphatic rings. The third-order valence-corrected chi connectivity index (χ3v) is 4.82. The van der Waals surface area contributed by atoms with Gasteiger partial charge in [-0.25, -0.2) is 4.39 Å². The fourth-order valence-electron chi connectivity index (χ4n) is 3.37. The van der Waals surface area contributed by atoms with E-state index in [2.05, 4.69) is 5.10 Å². The highest BCUT2D eigenvalue weighted by molar-refractivity contribution is 6.33. The van der Waals surface area contributed by atoms with Gasteiger partial charge in [-0.3, -0.25) is 9.48 Å². The first kappa shape index (κ1) is 19.1. The van der Waals surface area contributed by atoms with Crippen molar-refractivity contribution < 1.29 is 13.6 Å². The number of amides is 1. The fourth-order valence-corrected chi connectivity index (χ4v) is 3.63. The Balaban J connectivity index is 2.18. The summed E-state index contributed by atoms with van der Waals surface area (Å²) in [5.74, 6) is -0.840. The van der Waals surface area contributed by atoms with E-state index in [4.69, 9.17) is 27.5 Å². The SMILES string of the molecule is Cc1oc(C(N)=O)c([C@@H](CN)Cc2cccc(F)c2)c1-c1c(Cl)cnn1C. The molecule has 2 heterocycles. The molecule has 0 bridgehead atoms. The molecule has 1 amide bonds. The van der Waals surface area contributed by atoms with E-state index in [0.717, 1.165) is 5.56 Å². The Morgan fingerprint density at radius 1 is 1.44 bits per heavy atom. The Morgan fingerprint density at radius 2 is 2.19 bits per heavy atom. The minimum atomic E-state index is -0.699. The highest BCUT2D eigenvalue weighted by atomic mass is 35.5. The van der Waals surface area contributed by atoms with Gasteiger partial charge in [0, 0.05) is 24.1 Å². The third kappa shape index (κ3) is 3.61. The number of hydrogen-bond acceptors (Lipinski definition) is 4. The van der Waals surface area contributed by atoms with Gasteiger partial charge >= 0.3 is 0 Å². The summed E-state index contributed by atoms with van der Waals surface area (Å²) in [6.45, 7) is 1.93. The van der Waals surface area contributed by atoms with Gasteiger partial charge in [-0.2, -0.15) is 5.10 Å². The maximum Gasteiger partial charge on any atom is 0.284 e. The first-order valence-corrected chi connectivity index (χ1v) is 8.76. The van der Waals surface area contributed by atoms with Crippen molar-refractivity contribution in [2.45, 2.75) is 19.3 Å². The molecule has 0 aliphatic carbocycles. The molecule has 1 aromatic carbocycles. The molecule has 0 aliphatic heterocycles. The standard InChI is InChI=1S/C19H20ClFN4O2/c1-10-15(17-14(20)9-24-25(17)2)16(18(27-10)19(23)26)12(8-22)6-11-4-3-5-13(21)7-11/h3-5,7,9,12H,6,8,22H2,1-2H3,(H2,23,26)/t12-/m1/s1. The summed E-state index contributed by atoms with van der Waals surface area (Å²) in [5, 5.41) is 4.57. The predicted molar refractivity (Wildman–Crippen MR) is 101 cm³/mol. The molecule has 2 aromatic heterocycles. The van der Waals surface area contributed by atoms with E-state index in [-0.39, 0.29) is 24.0 Å². The molecule has 6 nitrogen and oxygen atoms in total. The minimum Gasteiger partial charge on any atom is -0.455 e.